The van der Waals surface area contributed by atoms with E-state index in [9.17, 15) is 14.0 Å². The first-order chi connectivity index (χ1) is 14.1. The van der Waals surface area contributed by atoms with E-state index in [-0.39, 0.29) is 24.3 Å². The quantitative estimate of drug-likeness (QED) is 0.739. The Balaban J connectivity index is 0.000000343. The molecule has 1 atom stereocenters. The maximum atomic E-state index is 13.6. The number of amides is 2. The van der Waals surface area contributed by atoms with Crippen molar-refractivity contribution in [1.29, 1.82) is 0 Å². The molecule has 2 N–H and O–H groups in total. The van der Waals surface area contributed by atoms with E-state index in [0.717, 1.165) is 17.5 Å². The summed E-state index contributed by atoms with van der Waals surface area (Å²) in [5, 5.41) is 0. The van der Waals surface area contributed by atoms with Crippen LogP contribution in [0.15, 0.2) is 79.1 Å². The molecule has 1 heterocycles. The van der Waals surface area contributed by atoms with Gasteiger partial charge in [0.2, 0.25) is 5.91 Å². The van der Waals surface area contributed by atoms with E-state index in [1.807, 2.05) is 36.4 Å². The zero-order chi connectivity index (χ0) is 20.6. The summed E-state index contributed by atoms with van der Waals surface area (Å²) in [4.78, 5) is 29.5. The molecule has 0 saturated carbocycles. The van der Waals surface area contributed by atoms with Gasteiger partial charge in [-0.25, -0.2) is 4.39 Å². The second-order valence-corrected chi connectivity index (χ2v) is 6.69. The first kappa shape index (κ1) is 20.2. The second kappa shape index (κ2) is 9.59. The van der Waals surface area contributed by atoms with Gasteiger partial charge in [-0.2, -0.15) is 0 Å². The van der Waals surface area contributed by atoms with Crippen molar-refractivity contribution in [2.45, 2.75) is 18.9 Å². The van der Waals surface area contributed by atoms with Crippen molar-refractivity contribution in [2.24, 2.45) is 5.73 Å². The number of carbonyl (C=O) groups is 2. The molecule has 29 heavy (non-hydrogen) atoms. The average Bonchev–Trinajstić information content (AvgIpc) is 3.16. The summed E-state index contributed by atoms with van der Waals surface area (Å²) in [5.41, 5.74) is 7.41. The van der Waals surface area contributed by atoms with Crippen LogP contribution in [0.3, 0.4) is 0 Å². The molecule has 0 aliphatic heterocycles. The molecule has 148 valence electrons. The fourth-order valence-corrected chi connectivity index (χ4v) is 3.41. The molecule has 3 aromatic rings. The van der Waals surface area contributed by atoms with Gasteiger partial charge < -0.3 is 10.6 Å². The first-order valence-corrected chi connectivity index (χ1v) is 9.34. The van der Waals surface area contributed by atoms with Crippen LogP contribution in [-0.4, -0.2) is 28.2 Å². The normalized spacial score (nSPS) is 14.3. The van der Waals surface area contributed by atoms with E-state index in [0.29, 0.717) is 12.0 Å². The van der Waals surface area contributed by atoms with Crippen LogP contribution in [0.1, 0.15) is 33.9 Å². The number of pyridine rings is 1. The SMILES string of the molecule is NC(=O)CN(C(=O)c1cccnc1)C1CCc2ccc(F)cc21.c1ccccc1. The van der Waals surface area contributed by atoms with E-state index < -0.39 is 5.91 Å². The van der Waals surface area contributed by atoms with Gasteiger partial charge in [0.05, 0.1) is 11.6 Å². The predicted octanol–water partition coefficient (Wildman–Crippen LogP) is 3.52. The number of benzene rings is 2. The molecule has 5 nitrogen and oxygen atoms in total. The van der Waals surface area contributed by atoms with Crippen LogP contribution in [-0.2, 0) is 11.2 Å². The van der Waals surface area contributed by atoms with Gasteiger partial charge in [0.25, 0.3) is 5.91 Å². The van der Waals surface area contributed by atoms with Crippen LogP contribution in [0.5, 0.6) is 0 Å². The van der Waals surface area contributed by atoms with Crippen molar-refractivity contribution >= 4 is 11.8 Å². The highest BCUT2D eigenvalue weighted by Crippen LogP contribution is 2.36. The average molecular weight is 391 g/mol. The molecule has 2 amide bonds. The number of rotatable bonds is 4. The summed E-state index contributed by atoms with van der Waals surface area (Å²) >= 11 is 0. The molecule has 4 rings (SSSR count). The van der Waals surface area contributed by atoms with E-state index in [1.54, 1.807) is 24.4 Å². The van der Waals surface area contributed by atoms with Gasteiger partial charge in [-0.1, -0.05) is 42.5 Å². The standard InChI is InChI=1S/C17H16FN3O2.C6H6/c18-13-5-3-11-4-6-15(14(11)8-13)21(10-16(19)22)17(23)12-2-1-7-20-9-12;1-2-4-6-5-3-1/h1-3,5,7-9,15H,4,6,10H2,(H2,19,22);1-6H. The highest BCUT2D eigenvalue weighted by Gasteiger charge is 2.32. The minimum atomic E-state index is -0.605. The maximum absolute atomic E-state index is 13.6. The smallest absolute Gasteiger partial charge is 0.256 e. The number of aryl methyl sites for hydroxylation is 1. The van der Waals surface area contributed by atoms with Crippen LogP contribution in [0.2, 0.25) is 0 Å². The number of hydrogen-bond acceptors (Lipinski definition) is 3. The molecule has 6 heteroatoms. The Morgan fingerprint density at radius 1 is 1.07 bits per heavy atom. The summed E-state index contributed by atoms with van der Waals surface area (Å²) in [5.74, 6) is -1.30. The molecule has 0 radical (unpaired) electrons. The molecular formula is C23H22FN3O2. The van der Waals surface area contributed by atoms with E-state index in [4.69, 9.17) is 5.73 Å². The van der Waals surface area contributed by atoms with Crippen molar-refractivity contribution in [1.82, 2.24) is 9.88 Å². The summed E-state index contributed by atoms with van der Waals surface area (Å²) in [6.07, 6.45) is 4.38. The number of nitrogens with zero attached hydrogens (tertiary/aromatic N) is 2. The van der Waals surface area contributed by atoms with Gasteiger partial charge in [-0.05, 0) is 48.2 Å². The highest BCUT2D eigenvalue weighted by molar-refractivity contribution is 5.96. The minimum Gasteiger partial charge on any atom is -0.368 e. The molecule has 1 aromatic heterocycles. The molecular weight excluding hydrogens is 369 g/mol. The van der Waals surface area contributed by atoms with Gasteiger partial charge in [-0.3, -0.25) is 14.6 Å². The van der Waals surface area contributed by atoms with Crippen LogP contribution < -0.4 is 5.73 Å². The predicted molar refractivity (Wildman–Crippen MR) is 108 cm³/mol. The zero-order valence-electron chi connectivity index (χ0n) is 15.9. The van der Waals surface area contributed by atoms with Gasteiger partial charge in [0.1, 0.15) is 12.4 Å². The number of nitrogens with two attached hydrogens (primary N) is 1. The lowest BCUT2D eigenvalue weighted by Crippen LogP contribution is -2.40. The maximum Gasteiger partial charge on any atom is 0.256 e. The van der Waals surface area contributed by atoms with E-state index >= 15 is 0 Å². The molecule has 0 bridgehead atoms. The Hall–Kier alpha value is -3.54. The summed E-state index contributed by atoms with van der Waals surface area (Å²) < 4.78 is 13.6. The zero-order valence-corrected chi connectivity index (χ0v) is 15.9. The number of halogens is 1. The minimum absolute atomic E-state index is 0.214. The molecule has 0 spiro atoms. The van der Waals surface area contributed by atoms with Gasteiger partial charge in [0.15, 0.2) is 0 Å². The number of hydrogen-bond donors (Lipinski definition) is 1. The third-order valence-electron chi connectivity index (χ3n) is 4.69. The second-order valence-electron chi connectivity index (χ2n) is 6.69. The Bertz CT molecular complexity index is 938. The van der Waals surface area contributed by atoms with Crippen molar-refractivity contribution in [2.75, 3.05) is 6.54 Å². The summed E-state index contributed by atoms with van der Waals surface area (Å²) in [6, 6.07) is 19.5. The van der Waals surface area contributed by atoms with Crippen LogP contribution in [0.25, 0.3) is 0 Å². The largest absolute Gasteiger partial charge is 0.368 e. The molecule has 1 aliphatic carbocycles. The van der Waals surface area contributed by atoms with E-state index in [1.165, 1.54) is 23.2 Å². The van der Waals surface area contributed by atoms with Crippen LogP contribution >= 0.6 is 0 Å². The van der Waals surface area contributed by atoms with Crippen molar-refractivity contribution in [3.8, 4) is 0 Å². The first-order valence-electron chi connectivity index (χ1n) is 9.34. The third-order valence-corrected chi connectivity index (χ3v) is 4.69. The van der Waals surface area contributed by atoms with Crippen molar-refractivity contribution in [3.05, 3.63) is 102 Å². The molecule has 0 fully saturated rings. The topological polar surface area (TPSA) is 76.3 Å². The Kier molecular flexibility index (Phi) is 6.68. The monoisotopic (exact) mass is 391 g/mol. The Labute approximate surface area is 169 Å². The van der Waals surface area contributed by atoms with Gasteiger partial charge in [0, 0.05) is 12.4 Å². The number of aromatic nitrogens is 1. The number of primary amides is 1. The van der Waals surface area contributed by atoms with Crippen molar-refractivity contribution < 1.29 is 14.0 Å². The van der Waals surface area contributed by atoms with Crippen LogP contribution in [0.4, 0.5) is 4.39 Å². The molecule has 1 aliphatic rings. The molecule has 1 unspecified atom stereocenters. The van der Waals surface area contributed by atoms with Crippen LogP contribution in [0, 0.1) is 5.82 Å². The molecule has 2 aromatic carbocycles. The van der Waals surface area contributed by atoms with Gasteiger partial charge in [-0.15, -0.1) is 0 Å². The van der Waals surface area contributed by atoms with Crippen molar-refractivity contribution in [3.63, 3.8) is 0 Å². The van der Waals surface area contributed by atoms with E-state index in [2.05, 4.69) is 4.98 Å². The molecule has 0 saturated heterocycles. The Morgan fingerprint density at radius 2 is 1.76 bits per heavy atom. The number of fused-ring (bicyclic) bond motifs is 1. The lowest BCUT2D eigenvalue weighted by Gasteiger charge is -2.28. The summed E-state index contributed by atoms with van der Waals surface area (Å²) in [6.45, 7) is -0.214. The summed E-state index contributed by atoms with van der Waals surface area (Å²) in [7, 11) is 0. The fourth-order valence-electron chi connectivity index (χ4n) is 3.41. The number of carbonyl (C=O) groups excluding carboxylic acids is 2. The lowest BCUT2D eigenvalue weighted by atomic mass is 10.1. The third kappa shape index (κ3) is 5.25. The van der Waals surface area contributed by atoms with Gasteiger partial charge >= 0.3 is 0 Å². The Morgan fingerprint density at radius 3 is 2.34 bits per heavy atom. The lowest BCUT2D eigenvalue weighted by molar-refractivity contribution is -0.119. The fraction of sp³-hybridized carbons (Fsp3) is 0.174. The highest BCUT2D eigenvalue weighted by atomic mass is 19.1.